The molecule has 0 atom stereocenters. The van der Waals surface area contributed by atoms with Crippen LogP contribution in [0.15, 0.2) is 36.4 Å². The van der Waals surface area contributed by atoms with Gasteiger partial charge in [0.1, 0.15) is 5.75 Å². The van der Waals surface area contributed by atoms with Crippen LogP contribution in [0.4, 0.5) is 5.69 Å². The molecule has 134 valence electrons. The quantitative estimate of drug-likeness (QED) is 0.807. The van der Waals surface area contributed by atoms with Crippen molar-refractivity contribution in [1.29, 1.82) is 0 Å². The molecule has 0 saturated heterocycles. The van der Waals surface area contributed by atoms with Gasteiger partial charge in [-0.15, -0.1) is 0 Å². The van der Waals surface area contributed by atoms with E-state index in [0.717, 1.165) is 10.8 Å². The molecule has 2 aromatic carbocycles. The Morgan fingerprint density at radius 3 is 2.36 bits per heavy atom. The van der Waals surface area contributed by atoms with Crippen LogP contribution < -0.4 is 9.75 Å². The lowest BCUT2D eigenvalue weighted by molar-refractivity contribution is 0.450. The van der Waals surface area contributed by atoms with Crippen molar-refractivity contribution in [3.63, 3.8) is 0 Å². The molecule has 1 N–H and O–H groups in total. The Morgan fingerprint density at radius 1 is 1.00 bits per heavy atom. The molecule has 0 saturated carbocycles. The van der Waals surface area contributed by atoms with E-state index < -0.39 is 8.24 Å². The van der Waals surface area contributed by atoms with Crippen LogP contribution in [0.3, 0.4) is 0 Å². The Hall–Kier alpha value is -1.74. The predicted molar refractivity (Wildman–Crippen MR) is 111 cm³/mol. The number of phenols is 1. The van der Waals surface area contributed by atoms with Gasteiger partial charge in [0.05, 0.1) is 0 Å². The van der Waals surface area contributed by atoms with Gasteiger partial charge >= 0.3 is 0 Å². The summed E-state index contributed by atoms with van der Waals surface area (Å²) in [6.07, 6.45) is 3.63. The molecule has 2 nitrogen and oxygen atoms in total. The fourth-order valence-corrected chi connectivity index (χ4v) is 6.43. The van der Waals surface area contributed by atoms with Crippen LogP contribution in [-0.4, -0.2) is 20.4 Å². The van der Waals surface area contributed by atoms with Gasteiger partial charge in [-0.05, 0) is 67.6 Å². The molecule has 0 amide bonds. The first-order valence-corrected chi connectivity index (χ1v) is 12.3. The number of nitrogens with zero attached hydrogens (tertiary/aromatic N) is 1. The van der Waals surface area contributed by atoms with Crippen molar-refractivity contribution < 1.29 is 5.11 Å². The van der Waals surface area contributed by atoms with E-state index in [1.807, 2.05) is 0 Å². The summed E-state index contributed by atoms with van der Waals surface area (Å²) >= 11 is 0. The summed E-state index contributed by atoms with van der Waals surface area (Å²) < 4.78 is 2.47. The van der Waals surface area contributed by atoms with Crippen molar-refractivity contribution >= 4 is 19.1 Å². The number of benzene rings is 2. The van der Waals surface area contributed by atoms with Crippen LogP contribution in [0.2, 0.25) is 13.1 Å². The molecule has 0 spiro atoms. The highest BCUT2D eigenvalue weighted by molar-refractivity contribution is 6.93. The van der Waals surface area contributed by atoms with Crippen molar-refractivity contribution in [3.05, 3.63) is 53.1 Å². The number of fused-ring (bicyclic) bond motifs is 1. The number of phenolic OH excluding ortho intramolecular Hbond substituents is 1. The highest BCUT2D eigenvalue weighted by Gasteiger charge is 2.35. The van der Waals surface area contributed by atoms with E-state index in [1.54, 1.807) is 0 Å². The van der Waals surface area contributed by atoms with E-state index in [-0.39, 0.29) is 5.41 Å². The molecule has 0 radical (unpaired) electrons. The van der Waals surface area contributed by atoms with Gasteiger partial charge in [-0.2, -0.15) is 0 Å². The lowest BCUT2D eigenvalue weighted by Gasteiger charge is -2.38. The Balaban J connectivity index is 2.07. The second kappa shape index (κ2) is 6.21. The zero-order chi connectivity index (χ0) is 18.4. The maximum atomic E-state index is 11.1. The summed E-state index contributed by atoms with van der Waals surface area (Å²) in [5.74, 6) is 0.492. The van der Waals surface area contributed by atoms with Gasteiger partial charge in [-0.25, -0.2) is 0 Å². The van der Waals surface area contributed by atoms with Crippen LogP contribution in [0.5, 0.6) is 5.75 Å². The predicted octanol–water partition coefficient (Wildman–Crippen LogP) is 4.73. The third kappa shape index (κ3) is 3.10. The number of para-hydroxylation sites is 1. The number of rotatable bonds is 3. The number of hydrogen-bond acceptors (Lipinski definition) is 2. The first-order valence-electron chi connectivity index (χ1n) is 9.31. The fourth-order valence-electron chi connectivity index (χ4n) is 4.04. The minimum absolute atomic E-state index is 0.0584. The molecule has 0 bridgehead atoms. The Labute approximate surface area is 153 Å². The molecule has 0 aromatic heterocycles. The van der Waals surface area contributed by atoms with Gasteiger partial charge in [0.15, 0.2) is 8.24 Å². The molecule has 1 aliphatic carbocycles. The van der Waals surface area contributed by atoms with Crippen molar-refractivity contribution in [3.8, 4) is 5.75 Å². The topological polar surface area (TPSA) is 23.5 Å². The molecule has 2 aromatic rings. The number of aryl methyl sites for hydroxylation is 1. The molecule has 0 fully saturated rings. The molecule has 3 rings (SSSR count). The Kier molecular flexibility index (Phi) is 4.48. The summed E-state index contributed by atoms with van der Waals surface area (Å²) in [6, 6.07) is 13.0. The minimum Gasteiger partial charge on any atom is -0.508 e. The van der Waals surface area contributed by atoms with Gasteiger partial charge in [0.2, 0.25) is 0 Å². The number of hydrogen-bond donors (Lipinski definition) is 1. The molecule has 0 heterocycles. The van der Waals surface area contributed by atoms with E-state index in [0.29, 0.717) is 5.75 Å². The van der Waals surface area contributed by atoms with E-state index in [4.69, 9.17) is 0 Å². The lowest BCUT2D eigenvalue weighted by atomic mass is 9.86. The molecular weight excluding hydrogens is 322 g/mol. The molecular formula is C22H31NOSi. The average molecular weight is 354 g/mol. The summed E-state index contributed by atoms with van der Waals surface area (Å²) in [6.45, 7) is 11.2. The monoisotopic (exact) mass is 353 g/mol. The molecule has 3 heteroatoms. The van der Waals surface area contributed by atoms with E-state index in [1.165, 1.54) is 36.1 Å². The second-order valence-electron chi connectivity index (χ2n) is 8.84. The lowest BCUT2D eigenvalue weighted by Crippen LogP contribution is -2.57. The standard InChI is InChI=1S/C22H31NOSi/c1-22(2,3)18-13-9-15-20(21(18)24)25(5,6)23(4)19-14-8-11-16-10-7-12-17(16)19/h8-9,11,13-15,24H,7,10,12H2,1-6H3. The number of aromatic hydroxyl groups is 1. The number of anilines is 1. The van der Waals surface area contributed by atoms with Crippen LogP contribution >= 0.6 is 0 Å². The van der Waals surface area contributed by atoms with Gasteiger partial charge < -0.3 is 9.67 Å². The fraction of sp³-hybridized carbons (Fsp3) is 0.455. The average Bonchev–Trinajstić information content (AvgIpc) is 3.01. The second-order valence-corrected chi connectivity index (χ2v) is 13.2. The summed E-state index contributed by atoms with van der Waals surface area (Å²) in [5, 5.41) is 12.2. The smallest absolute Gasteiger partial charge is 0.185 e. The van der Waals surface area contributed by atoms with Crippen molar-refractivity contribution in [2.24, 2.45) is 0 Å². The van der Waals surface area contributed by atoms with Crippen LogP contribution in [0, 0.1) is 0 Å². The largest absolute Gasteiger partial charge is 0.508 e. The van der Waals surface area contributed by atoms with Crippen LogP contribution in [0.25, 0.3) is 0 Å². The van der Waals surface area contributed by atoms with E-state index >= 15 is 0 Å². The van der Waals surface area contributed by atoms with Crippen molar-refractivity contribution in [1.82, 2.24) is 0 Å². The zero-order valence-electron chi connectivity index (χ0n) is 16.5. The maximum absolute atomic E-state index is 11.1. The summed E-state index contributed by atoms with van der Waals surface area (Å²) in [4.78, 5) is 0. The summed E-state index contributed by atoms with van der Waals surface area (Å²) in [7, 11) is 0.174. The van der Waals surface area contributed by atoms with Gasteiger partial charge in [-0.1, -0.05) is 51.1 Å². The third-order valence-corrected chi connectivity index (χ3v) is 9.46. The maximum Gasteiger partial charge on any atom is 0.185 e. The van der Waals surface area contributed by atoms with Crippen LogP contribution in [-0.2, 0) is 18.3 Å². The molecule has 0 unspecified atom stereocenters. The van der Waals surface area contributed by atoms with Crippen molar-refractivity contribution in [2.75, 3.05) is 11.6 Å². The zero-order valence-corrected chi connectivity index (χ0v) is 17.5. The van der Waals surface area contributed by atoms with Crippen molar-refractivity contribution in [2.45, 2.75) is 58.5 Å². The highest BCUT2D eigenvalue weighted by atomic mass is 28.3. The third-order valence-electron chi connectivity index (χ3n) is 5.82. The first-order chi connectivity index (χ1) is 11.6. The normalized spacial score (nSPS) is 14.5. The van der Waals surface area contributed by atoms with E-state index in [2.05, 4.69) is 81.9 Å². The van der Waals surface area contributed by atoms with Gasteiger partial charge in [0.25, 0.3) is 0 Å². The summed E-state index contributed by atoms with van der Waals surface area (Å²) in [5.41, 5.74) is 5.35. The SMILES string of the molecule is CN(c1cccc2c1CCC2)[Si](C)(C)c1cccc(C(C)(C)C)c1O. The first kappa shape index (κ1) is 18.1. The molecule has 0 aliphatic heterocycles. The Bertz CT molecular complexity index is 789. The Morgan fingerprint density at radius 2 is 1.68 bits per heavy atom. The van der Waals surface area contributed by atoms with Crippen LogP contribution in [0.1, 0.15) is 43.9 Å². The molecule has 1 aliphatic rings. The van der Waals surface area contributed by atoms with E-state index in [9.17, 15) is 5.11 Å². The molecule has 25 heavy (non-hydrogen) atoms. The van der Waals surface area contributed by atoms with Gasteiger partial charge in [0, 0.05) is 10.9 Å². The van der Waals surface area contributed by atoms with Gasteiger partial charge in [-0.3, -0.25) is 0 Å². The minimum atomic E-state index is -2.04. The highest BCUT2D eigenvalue weighted by Crippen LogP contribution is 2.35.